The first-order chi connectivity index (χ1) is 15.0. The predicted octanol–water partition coefficient (Wildman–Crippen LogP) is 2.74. The van der Waals surface area contributed by atoms with Crippen molar-refractivity contribution in [1.29, 1.82) is 0 Å². The van der Waals surface area contributed by atoms with E-state index in [9.17, 15) is 13.2 Å². The number of nitrogens with zero attached hydrogens (tertiary/aromatic N) is 3. The molecular formula is C23H33N3O4S. The molecule has 0 N–H and O–H groups in total. The zero-order chi connectivity index (χ0) is 21.6. The third-order valence-corrected chi connectivity index (χ3v) is 9.58. The van der Waals surface area contributed by atoms with Crippen molar-refractivity contribution in [3.05, 3.63) is 29.8 Å². The van der Waals surface area contributed by atoms with E-state index >= 15 is 0 Å². The van der Waals surface area contributed by atoms with Gasteiger partial charge in [0.05, 0.1) is 5.69 Å². The normalized spacial score (nSPS) is 27.3. The molecule has 0 atom stereocenters. The minimum Gasteiger partial charge on any atom is -0.381 e. The maximum absolute atomic E-state index is 13.7. The Morgan fingerprint density at radius 1 is 1.03 bits per heavy atom. The molecule has 1 spiro atoms. The Bertz CT molecular complexity index is 915. The van der Waals surface area contributed by atoms with Crippen molar-refractivity contribution in [3.8, 4) is 0 Å². The maximum atomic E-state index is 13.7. The second-order valence-electron chi connectivity index (χ2n) is 9.50. The highest BCUT2D eigenvalue weighted by atomic mass is 32.2. The van der Waals surface area contributed by atoms with Gasteiger partial charge in [-0.2, -0.15) is 17.0 Å². The molecule has 3 saturated heterocycles. The third-order valence-electron chi connectivity index (χ3n) is 7.57. The lowest BCUT2D eigenvalue weighted by molar-refractivity contribution is -0.127. The quantitative estimate of drug-likeness (QED) is 0.694. The van der Waals surface area contributed by atoms with E-state index in [0.717, 1.165) is 50.0 Å². The summed E-state index contributed by atoms with van der Waals surface area (Å²) in [5.74, 6) is 0.951. The van der Waals surface area contributed by atoms with Gasteiger partial charge in [0.15, 0.2) is 0 Å². The average molecular weight is 448 g/mol. The van der Waals surface area contributed by atoms with Crippen LogP contribution in [0.1, 0.15) is 56.9 Å². The number of likely N-dealkylation sites (N-methyl/N-ethyl adjacent to an activating group) is 1. The molecule has 7 nitrogen and oxygen atoms in total. The van der Waals surface area contributed by atoms with E-state index in [4.69, 9.17) is 4.74 Å². The van der Waals surface area contributed by atoms with Gasteiger partial charge < -0.3 is 9.64 Å². The van der Waals surface area contributed by atoms with Crippen LogP contribution < -0.4 is 4.31 Å². The summed E-state index contributed by atoms with van der Waals surface area (Å²) in [5, 5.41) is 0. The second-order valence-corrected chi connectivity index (χ2v) is 11.2. The van der Waals surface area contributed by atoms with Gasteiger partial charge >= 0.3 is 10.2 Å². The van der Waals surface area contributed by atoms with Gasteiger partial charge in [-0.3, -0.25) is 4.79 Å². The molecule has 5 rings (SSSR count). The largest absolute Gasteiger partial charge is 0.381 e. The Morgan fingerprint density at radius 2 is 1.68 bits per heavy atom. The smallest absolute Gasteiger partial charge is 0.311 e. The second kappa shape index (κ2) is 8.14. The third kappa shape index (κ3) is 3.71. The monoisotopic (exact) mass is 447 g/mol. The first-order valence-electron chi connectivity index (χ1n) is 11.7. The lowest BCUT2D eigenvalue weighted by atomic mass is 9.85. The fourth-order valence-electron chi connectivity index (χ4n) is 5.60. The number of ether oxygens (including phenoxy) is 1. The number of hydrogen-bond donors (Lipinski definition) is 0. The van der Waals surface area contributed by atoms with E-state index in [1.165, 1.54) is 22.7 Å². The highest BCUT2D eigenvalue weighted by molar-refractivity contribution is 7.92. The number of anilines is 1. The molecule has 31 heavy (non-hydrogen) atoms. The summed E-state index contributed by atoms with van der Waals surface area (Å²) >= 11 is 0. The van der Waals surface area contributed by atoms with Crippen molar-refractivity contribution in [1.82, 2.24) is 9.21 Å². The predicted molar refractivity (Wildman–Crippen MR) is 119 cm³/mol. The molecule has 3 heterocycles. The number of piperidine rings is 1. The number of likely N-dealkylation sites (tertiary alicyclic amines) is 1. The minimum absolute atomic E-state index is 0.278. The summed E-state index contributed by atoms with van der Waals surface area (Å²) in [7, 11) is -3.87. The van der Waals surface area contributed by atoms with E-state index in [1.54, 1.807) is 12.1 Å². The fourth-order valence-corrected chi connectivity index (χ4v) is 7.59. The number of rotatable bonds is 5. The highest BCUT2D eigenvalue weighted by Crippen LogP contribution is 2.44. The fraction of sp³-hybridized carbons (Fsp3) is 0.696. The molecule has 4 aliphatic rings. The van der Waals surface area contributed by atoms with Crippen molar-refractivity contribution >= 4 is 21.8 Å². The highest BCUT2D eigenvalue weighted by Gasteiger charge is 2.61. The van der Waals surface area contributed by atoms with Gasteiger partial charge in [-0.15, -0.1) is 0 Å². The van der Waals surface area contributed by atoms with Crippen LogP contribution in [0.15, 0.2) is 24.3 Å². The van der Waals surface area contributed by atoms with Crippen LogP contribution in [0.5, 0.6) is 0 Å². The Morgan fingerprint density at radius 3 is 2.26 bits per heavy atom. The summed E-state index contributed by atoms with van der Waals surface area (Å²) in [6, 6.07) is 7.56. The Kier molecular flexibility index (Phi) is 5.61. The van der Waals surface area contributed by atoms with Gasteiger partial charge in [-0.1, -0.05) is 19.1 Å². The molecule has 0 bridgehead atoms. The first-order valence-corrected chi connectivity index (χ1v) is 13.1. The summed E-state index contributed by atoms with van der Waals surface area (Å²) in [6.45, 7) is 6.33. The van der Waals surface area contributed by atoms with Crippen LogP contribution in [0, 0.1) is 5.92 Å². The van der Waals surface area contributed by atoms with Crippen LogP contribution in [0.3, 0.4) is 0 Å². The molecule has 0 unspecified atom stereocenters. The van der Waals surface area contributed by atoms with Gasteiger partial charge in [-0.05, 0) is 68.1 Å². The topological polar surface area (TPSA) is 70.2 Å². The summed E-state index contributed by atoms with van der Waals surface area (Å²) in [4.78, 5) is 16.1. The molecule has 3 aliphatic heterocycles. The molecule has 1 aromatic rings. The Labute approximate surface area is 185 Å². The molecule has 1 aliphatic carbocycles. The zero-order valence-electron chi connectivity index (χ0n) is 18.3. The van der Waals surface area contributed by atoms with Crippen LogP contribution in [0.4, 0.5) is 5.69 Å². The van der Waals surface area contributed by atoms with E-state index in [0.29, 0.717) is 36.9 Å². The molecular weight excluding hydrogens is 414 g/mol. The van der Waals surface area contributed by atoms with Gasteiger partial charge in [-0.25, -0.2) is 0 Å². The molecule has 0 aromatic heterocycles. The van der Waals surface area contributed by atoms with Crippen molar-refractivity contribution in [2.24, 2.45) is 5.92 Å². The first kappa shape index (κ1) is 21.4. The molecule has 1 aromatic carbocycles. The van der Waals surface area contributed by atoms with Crippen molar-refractivity contribution in [2.45, 2.75) is 56.9 Å². The van der Waals surface area contributed by atoms with Gasteiger partial charge in [0.2, 0.25) is 0 Å². The van der Waals surface area contributed by atoms with Crippen molar-refractivity contribution in [3.63, 3.8) is 0 Å². The van der Waals surface area contributed by atoms with Crippen LogP contribution in [-0.4, -0.2) is 68.5 Å². The van der Waals surface area contributed by atoms with Crippen LogP contribution >= 0.6 is 0 Å². The summed E-state index contributed by atoms with van der Waals surface area (Å²) in [6.07, 6.45) is 5.66. The van der Waals surface area contributed by atoms with Gasteiger partial charge in [0.1, 0.15) is 5.54 Å². The maximum Gasteiger partial charge on any atom is 0.311 e. The molecule has 170 valence electrons. The van der Waals surface area contributed by atoms with Crippen LogP contribution in [0.2, 0.25) is 0 Å². The Hall–Kier alpha value is -1.48. The SMILES string of the molecule is CCN1C2(CCN(CC3CCOCC3)CC2)C(=O)N(c2ccc(C3CC3)cc2)S1(=O)=O. The number of amides is 1. The van der Waals surface area contributed by atoms with E-state index < -0.39 is 15.7 Å². The molecule has 1 amide bonds. The summed E-state index contributed by atoms with van der Waals surface area (Å²) in [5.41, 5.74) is 0.750. The lowest BCUT2D eigenvalue weighted by Crippen LogP contribution is -2.57. The van der Waals surface area contributed by atoms with E-state index in [-0.39, 0.29) is 5.91 Å². The van der Waals surface area contributed by atoms with Crippen molar-refractivity contribution in [2.75, 3.05) is 43.7 Å². The van der Waals surface area contributed by atoms with Gasteiger partial charge in [0.25, 0.3) is 5.91 Å². The van der Waals surface area contributed by atoms with Crippen molar-refractivity contribution < 1.29 is 17.9 Å². The molecule has 0 radical (unpaired) electrons. The number of carbonyl (C=O) groups excluding carboxylic acids is 1. The molecule has 4 fully saturated rings. The Balaban J connectivity index is 1.35. The average Bonchev–Trinajstić information content (AvgIpc) is 3.60. The van der Waals surface area contributed by atoms with E-state index in [2.05, 4.69) is 4.90 Å². The minimum atomic E-state index is -3.87. The number of benzene rings is 1. The zero-order valence-corrected chi connectivity index (χ0v) is 19.1. The molecule has 8 heteroatoms. The van der Waals surface area contributed by atoms with Gasteiger partial charge in [0, 0.05) is 39.4 Å². The number of carbonyl (C=O) groups is 1. The van der Waals surface area contributed by atoms with Crippen LogP contribution in [-0.2, 0) is 19.7 Å². The lowest BCUT2D eigenvalue weighted by Gasteiger charge is -2.42. The number of hydrogen-bond acceptors (Lipinski definition) is 5. The molecule has 1 saturated carbocycles. The van der Waals surface area contributed by atoms with Crippen LogP contribution in [0.25, 0.3) is 0 Å². The van der Waals surface area contributed by atoms with E-state index in [1.807, 2.05) is 19.1 Å². The standard InChI is InChI=1S/C23H33N3O4S/c1-2-25-23(11-13-24(14-12-23)17-18-9-15-30-16-10-18)22(27)26(31(25,28)29)21-7-5-20(6-8-21)19-3-4-19/h5-8,18-19H,2-4,9-17H2,1H3. The summed E-state index contributed by atoms with van der Waals surface area (Å²) < 4.78 is 34.9.